The van der Waals surface area contributed by atoms with E-state index in [1.807, 2.05) is 27.6 Å². The summed E-state index contributed by atoms with van der Waals surface area (Å²) >= 11 is 0. The molecule has 0 aromatic heterocycles. The molecule has 0 aliphatic rings. The molecule has 0 spiro atoms. The molecule has 0 heterocycles. The van der Waals surface area contributed by atoms with Gasteiger partial charge in [-0.15, -0.1) is 6.58 Å². The van der Waals surface area contributed by atoms with Crippen molar-refractivity contribution in [2.24, 2.45) is 0 Å². The third kappa shape index (κ3) is 75.0. The van der Waals surface area contributed by atoms with Gasteiger partial charge in [-0.1, -0.05) is 111 Å². The van der Waals surface area contributed by atoms with Gasteiger partial charge in [0.15, 0.2) is 0 Å². The van der Waals surface area contributed by atoms with Gasteiger partial charge in [-0.25, -0.2) is 18.2 Å². The van der Waals surface area contributed by atoms with Gasteiger partial charge in [0.1, 0.15) is 35.4 Å². The molecule has 13 heteroatoms. The Morgan fingerprint density at radius 2 is 1.29 bits per heavy atom. The van der Waals surface area contributed by atoms with Gasteiger partial charge in [-0.2, -0.15) is 4.89 Å². The Morgan fingerprint density at radius 3 is 1.56 bits per heavy atom. The van der Waals surface area contributed by atoms with E-state index in [9.17, 15) is 13.0 Å². The van der Waals surface area contributed by atoms with Crippen LogP contribution in [0.15, 0.2) is 62.5 Å². The second-order valence-electron chi connectivity index (χ2n) is 8.74. The van der Waals surface area contributed by atoms with E-state index in [4.69, 9.17) is 20.0 Å². The SMILES string of the molecule is C=C(C)C(CCC)OO.C=CC(CCCC)OO.C=COCCCCCCCCC.C=COOCC.C=CS(=O)(=O)[O-].C=O.[Na+]. The molecule has 0 aromatic carbocycles. The molecule has 0 fully saturated rings. The van der Waals surface area contributed by atoms with Crippen LogP contribution in [0.1, 0.15) is 112 Å². The van der Waals surface area contributed by atoms with Crippen molar-refractivity contribution in [1.29, 1.82) is 0 Å². The zero-order valence-corrected chi connectivity index (χ0v) is 31.9. The van der Waals surface area contributed by atoms with Crippen LogP contribution in [0, 0.1) is 0 Å². The van der Waals surface area contributed by atoms with Gasteiger partial charge in [0.2, 0.25) is 0 Å². The maximum Gasteiger partial charge on any atom is 1.00 e. The first-order chi connectivity index (χ1) is 21.0. The molecule has 2 atom stereocenters. The molecule has 0 aliphatic carbocycles. The van der Waals surface area contributed by atoms with Crippen molar-refractivity contribution in [3.8, 4) is 0 Å². The molecule has 0 aromatic rings. The van der Waals surface area contributed by atoms with Crippen molar-refractivity contribution in [2.45, 2.75) is 124 Å². The van der Waals surface area contributed by atoms with Gasteiger partial charge >= 0.3 is 29.6 Å². The van der Waals surface area contributed by atoms with Crippen LogP contribution < -0.4 is 29.6 Å². The fraction of sp³-hybridized carbons (Fsp3) is 0.656. The molecule has 264 valence electrons. The summed E-state index contributed by atoms with van der Waals surface area (Å²) < 4.78 is 33.0. The Labute approximate surface area is 297 Å². The Balaban J connectivity index is -0.0000000804. The predicted octanol–water partition coefficient (Wildman–Crippen LogP) is 5.93. The predicted molar refractivity (Wildman–Crippen MR) is 179 cm³/mol. The summed E-state index contributed by atoms with van der Waals surface area (Å²) in [6.45, 7) is 30.1. The van der Waals surface area contributed by atoms with E-state index >= 15 is 0 Å². The minimum atomic E-state index is -4.15. The molecule has 0 rings (SSSR count). The Bertz CT molecular complexity index is 694. The second-order valence-corrected chi connectivity index (χ2v) is 10.1. The zero-order chi connectivity index (χ0) is 35.5. The van der Waals surface area contributed by atoms with Crippen LogP contribution in [0.5, 0.6) is 0 Å². The number of carbonyl (C=O) groups is 1. The first kappa shape index (κ1) is 59.1. The molecule has 0 aliphatic heterocycles. The molecule has 0 saturated carbocycles. The van der Waals surface area contributed by atoms with Crippen molar-refractivity contribution in [3.63, 3.8) is 0 Å². The minimum Gasteiger partial charge on any atom is -0.745 e. The number of ether oxygens (including phenoxy) is 1. The summed E-state index contributed by atoms with van der Waals surface area (Å²) in [5.41, 5.74) is 0.874. The maximum atomic E-state index is 9.33. The van der Waals surface area contributed by atoms with E-state index in [0.717, 1.165) is 44.3 Å². The normalized spacial score (nSPS) is 10.4. The van der Waals surface area contributed by atoms with Crippen LogP contribution in [-0.2, 0) is 39.2 Å². The molecule has 11 nitrogen and oxygen atoms in total. The third-order valence-electron chi connectivity index (χ3n) is 4.91. The summed E-state index contributed by atoms with van der Waals surface area (Å²) in [5, 5.41) is 16.8. The van der Waals surface area contributed by atoms with Crippen molar-refractivity contribution in [2.75, 3.05) is 13.2 Å². The van der Waals surface area contributed by atoms with Crippen LogP contribution in [0.3, 0.4) is 0 Å². The minimum absolute atomic E-state index is 0. The van der Waals surface area contributed by atoms with E-state index in [1.165, 1.54) is 57.5 Å². The van der Waals surface area contributed by atoms with Crippen molar-refractivity contribution in [3.05, 3.63) is 62.5 Å². The standard InChI is InChI=1S/C11H22O.2C7H14O2.C4H8O2.C2H4O3S.CH2O.Na/c1-3-5-6-7-8-9-10-11-12-4-2;1-4-5-7(9-8)6(2)3;1-3-5-6-7(4-2)9-8;1-3-5-6-4-2;1-2-6(3,4)5;1-2;/h4H,2-3,5-11H2,1H3;7-8H,2,4-5H2,1,3H3;4,7-8H,2-3,5-6H2,1H3;3H,1,4H2,2H3;2H,1H2,(H,3,4,5);1H2;/q;;;;;;+1/p-1. The summed E-state index contributed by atoms with van der Waals surface area (Å²) in [7, 11) is -4.15. The number of hydrogen-bond acceptors (Lipinski definition) is 11. The summed E-state index contributed by atoms with van der Waals surface area (Å²) in [5.74, 6) is 0. The molecule has 0 amide bonds. The van der Waals surface area contributed by atoms with Crippen LogP contribution in [0.25, 0.3) is 0 Å². The smallest absolute Gasteiger partial charge is 0.745 e. The molecule has 45 heavy (non-hydrogen) atoms. The van der Waals surface area contributed by atoms with Gasteiger partial charge in [0, 0.05) is 5.41 Å². The Hall–Kier alpha value is -1.32. The van der Waals surface area contributed by atoms with E-state index in [1.54, 1.807) is 6.08 Å². The number of unbranched alkanes of at least 4 members (excludes halogenated alkanes) is 7. The first-order valence-corrected chi connectivity index (χ1v) is 16.3. The van der Waals surface area contributed by atoms with Crippen LogP contribution in [0.4, 0.5) is 0 Å². The monoisotopic (exact) mass is 678 g/mol. The molecule has 0 saturated heterocycles. The second kappa shape index (κ2) is 55.1. The Morgan fingerprint density at radius 1 is 0.800 bits per heavy atom. The van der Waals surface area contributed by atoms with Gasteiger partial charge in [-0.3, -0.25) is 10.5 Å². The van der Waals surface area contributed by atoms with E-state index in [-0.39, 0.29) is 41.8 Å². The van der Waals surface area contributed by atoms with E-state index < -0.39 is 10.1 Å². The average Bonchev–Trinajstić information content (AvgIpc) is 3.02. The average molecular weight is 679 g/mol. The molecule has 0 radical (unpaired) electrons. The third-order valence-corrected chi connectivity index (χ3v) is 5.32. The van der Waals surface area contributed by atoms with E-state index in [2.05, 4.69) is 66.3 Å². The maximum absolute atomic E-state index is 9.33. The largest absolute Gasteiger partial charge is 1.00 e. The zero-order valence-electron chi connectivity index (χ0n) is 29.1. The Kier molecular flexibility index (Phi) is 72.4. The van der Waals surface area contributed by atoms with Crippen molar-refractivity contribution in [1.82, 2.24) is 0 Å². The van der Waals surface area contributed by atoms with Crippen LogP contribution >= 0.6 is 0 Å². The first-order valence-electron chi connectivity index (χ1n) is 14.8. The quantitative estimate of drug-likeness (QED) is 0.0266. The molecule has 2 unspecified atom stereocenters. The summed E-state index contributed by atoms with van der Waals surface area (Å²) in [6, 6.07) is 0. The molecular formula is C32H63NaO11S. The molecule has 2 N–H and O–H groups in total. The van der Waals surface area contributed by atoms with Gasteiger partial charge < -0.3 is 19.0 Å². The number of rotatable bonds is 22. The summed E-state index contributed by atoms with van der Waals surface area (Å²) in [6.07, 6.45) is 18.3. The molecular weight excluding hydrogens is 615 g/mol. The van der Waals surface area contributed by atoms with Crippen molar-refractivity contribution >= 4 is 16.9 Å². The fourth-order valence-corrected chi connectivity index (χ4v) is 2.61. The van der Waals surface area contributed by atoms with Crippen LogP contribution in [0.2, 0.25) is 0 Å². The van der Waals surface area contributed by atoms with Gasteiger partial charge in [-0.05, 0) is 38.7 Å². The topological polar surface area (TPSA) is 161 Å². The van der Waals surface area contributed by atoms with Gasteiger partial charge in [0.05, 0.1) is 19.5 Å². The summed E-state index contributed by atoms with van der Waals surface area (Å²) in [4.78, 5) is 24.8. The number of carbonyl (C=O) groups excluding carboxylic acids is 1. The van der Waals surface area contributed by atoms with Crippen molar-refractivity contribution < 1.29 is 82.1 Å². The van der Waals surface area contributed by atoms with Crippen LogP contribution in [-0.4, -0.2) is 55.7 Å². The number of hydrogen-bond donors (Lipinski definition) is 2. The fourth-order valence-electron chi connectivity index (χ4n) is 2.61. The molecule has 0 bridgehead atoms. The van der Waals surface area contributed by atoms with E-state index in [0.29, 0.717) is 12.0 Å². The van der Waals surface area contributed by atoms with Gasteiger partial charge in [0.25, 0.3) is 0 Å².